The molecule has 0 amide bonds. The standard InChI is InChI=1S/C9H7BrN2O/c10-7-1-2-9-6(3-7)4-8(5-13)11-12-9/h1-4,13H,5H2. The quantitative estimate of drug-likeness (QED) is 0.826. The van der Waals surface area contributed by atoms with E-state index in [4.69, 9.17) is 5.11 Å². The Bertz CT molecular complexity index is 445. The molecule has 4 heteroatoms. The topological polar surface area (TPSA) is 46.0 Å². The molecule has 0 unspecified atom stereocenters. The van der Waals surface area contributed by atoms with Gasteiger partial charge in [-0.25, -0.2) is 0 Å². The average molecular weight is 239 g/mol. The number of aromatic nitrogens is 2. The van der Waals surface area contributed by atoms with Crippen molar-refractivity contribution in [1.29, 1.82) is 0 Å². The monoisotopic (exact) mass is 238 g/mol. The van der Waals surface area contributed by atoms with Crippen LogP contribution in [0.25, 0.3) is 10.9 Å². The van der Waals surface area contributed by atoms with E-state index in [-0.39, 0.29) is 6.61 Å². The van der Waals surface area contributed by atoms with Crippen molar-refractivity contribution in [3.05, 3.63) is 34.4 Å². The first-order chi connectivity index (χ1) is 6.29. The number of nitrogens with zero attached hydrogens (tertiary/aromatic N) is 2. The second-order valence-corrected chi connectivity index (χ2v) is 3.61. The molecule has 0 fully saturated rings. The van der Waals surface area contributed by atoms with Gasteiger partial charge in [0.15, 0.2) is 0 Å². The van der Waals surface area contributed by atoms with Gasteiger partial charge in [-0.1, -0.05) is 15.9 Å². The minimum Gasteiger partial charge on any atom is -0.390 e. The molecule has 13 heavy (non-hydrogen) atoms. The third kappa shape index (κ3) is 1.68. The molecule has 66 valence electrons. The fourth-order valence-corrected chi connectivity index (χ4v) is 1.51. The maximum atomic E-state index is 8.85. The lowest BCUT2D eigenvalue weighted by atomic mass is 10.2. The second kappa shape index (κ2) is 3.40. The average Bonchev–Trinajstić information content (AvgIpc) is 2.16. The first-order valence-corrected chi connectivity index (χ1v) is 4.61. The molecular formula is C9H7BrN2O. The Morgan fingerprint density at radius 3 is 2.85 bits per heavy atom. The van der Waals surface area contributed by atoms with Crippen LogP contribution in [0.3, 0.4) is 0 Å². The van der Waals surface area contributed by atoms with Gasteiger partial charge in [-0.05, 0) is 24.3 Å². The van der Waals surface area contributed by atoms with E-state index in [9.17, 15) is 0 Å². The zero-order valence-corrected chi connectivity index (χ0v) is 8.32. The third-order valence-corrected chi connectivity index (χ3v) is 2.25. The molecule has 0 aliphatic rings. The number of benzene rings is 1. The van der Waals surface area contributed by atoms with E-state index in [1.54, 1.807) is 0 Å². The highest BCUT2D eigenvalue weighted by molar-refractivity contribution is 9.10. The Morgan fingerprint density at radius 2 is 2.08 bits per heavy atom. The summed E-state index contributed by atoms with van der Waals surface area (Å²) in [7, 11) is 0. The summed E-state index contributed by atoms with van der Waals surface area (Å²) >= 11 is 3.37. The van der Waals surface area contributed by atoms with Crippen LogP contribution in [0.5, 0.6) is 0 Å². The number of hydrogen-bond acceptors (Lipinski definition) is 3. The molecule has 0 bridgehead atoms. The van der Waals surface area contributed by atoms with Crippen molar-refractivity contribution in [2.45, 2.75) is 6.61 Å². The SMILES string of the molecule is OCc1cc2cc(Br)ccc2nn1. The van der Waals surface area contributed by atoms with Crippen molar-refractivity contribution >= 4 is 26.8 Å². The van der Waals surface area contributed by atoms with E-state index in [1.165, 1.54) is 0 Å². The number of aliphatic hydroxyl groups excluding tert-OH is 1. The summed E-state index contributed by atoms with van der Waals surface area (Å²) in [4.78, 5) is 0. The maximum absolute atomic E-state index is 8.85. The van der Waals surface area contributed by atoms with Gasteiger partial charge in [0.2, 0.25) is 0 Å². The number of fused-ring (bicyclic) bond motifs is 1. The van der Waals surface area contributed by atoms with Crippen molar-refractivity contribution in [3.63, 3.8) is 0 Å². The molecule has 0 radical (unpaired) electrons. The Morgan fingerprint density at radius 1 is 1.23 bits per heavy atom. The van der Waals surface area contributed by atoms with E-state index >= 15 is 0 Å². The molecule has 0 saturated carbocycles. The van der Waals surface area contributed by atoms with Gasteiger partial charge < -0.3 is 5.11 Å². The molecule has 3 nitrogen and oxygen atoms in total. The van der Waals surface area contributed by atoms with Crippen molar-refractivity contribution in [2.24, 2.45) is 0 Å². The molecule has 1 aromatic carbocycles. The van der Waals surface area contributed by atoms with Crippen molar-refractivity contribution in [1.82, 2.24) is 10.2 Å². The molecular weight excluding hydrogens is 232 g/mol. The molecule has 0 aliphatic carbocycles. The van der Waals surface area contributed by atoms with E-state index in [2.05, 4.69) is 26.1 Å². The predicted octanol–water partition coefficient (Wildman–Crippen LogP) is 1.88. The van der Waals surface area contributed by atoms with Crippen LogP contribution in [0.15, 0.2) is 28.7 Å². The summed E-state index contributed by atoms with van der Waals surface area (Å²) in [6.07, 6.45) is 0. The maximum Gasteiger partial charge on any atom is 0.0930 e. The Balaban J connectivity index is 2.68. The van der Waals surface area contributed by atoms with Crippen LogP contribution in [0.4, 0.5) is 0 Å². The van der Waals surface area contributed by atoms with E-state index in [1.807, 2.05) is 24.3 Å². The Hall–Kier alpha value is -1.00. The second-order valence-electron chi connectivity index (χ2n) is 2.70. The lowest BCUT2D eigenvalue weighted by Crippen LogP contribution is -1.92. The van der Waals surface area contributed by atoms with Crippen LogP contribution in [0.2, 0.25) is 0 Å². The molecule has 1 heterocycles. The summed E-state index contributed by atoms with van der Waals surface area (Å²) in [5.41, 5.74) is 1.42. The zero-order valence-electron chi connectivity index (χ0n) is 6.74. The minimum absolute atomic E-state index is 0.0740. The van der Waals surface area contributed by atoms with Crippen LogP contribution in [0, 0.1) is 0 Å². The lowest BCUT2D eigenvalue weighted by molar-refractivity contribution is 0.276. The highest BCUT2D eigenvalue weighted by atomic mass is 79.9. The van der Waals surface area contributed by atoms with Gasteiger partial charge in [0, 0.05) is 9.86 Å². The summed E-state index contributed by atoms with van der Waals surface area (Å²) in [6, 6.07) is 7.57. The van der Waals surface area contributed by atoms with Gasteiger partial charge in [0.05, 0.1) is 17.8 Å². The Labute approximate surface area is 83.5 Å². The summed E-state index contributed by atoms with van der Waals surface area (Å²) in [6.45, 7) is -0.0740. The van der Waals surface area contributed by atoms with Crippen molar-refractivity contribution < 1.29 is 5.11 Å². The van der Waals surface area contributed by atoms with E-state index in [0.717, 1.165) is 15.4 Å². The largest absolute Gasteiger partial charge is 0.390 e. The van der Waals surface area contributed by atoms with Gasteiger partial charge in [-0.3, -0.25) is 0 Å². The lowest BCUT2D eigenvalue weighted by Gasteiger charge is -1.98. The third-order valence-electron chi connectivity index (χ3n) is 1.76. The van der Waals surface area contributed by atoms with Crippen LogP contribution in [-0.4, -0.2) is 15.3 Å². The summed E-state index contributed by atoms with van der Waals surface area (Å²) < 4.78 is 0.997. The Kier molecular flexibility index (Phi) is 2.24. The van der Waals surface area contributed by atoms with Gasteiger partial charge in [0.1, 0.15) is 0 Å². The number of hydrogen-bond donors (Lipinski definition) is 1. The number of halogens is 1. The molecule has 0 spiro atoms. The fourth-order valence-electron chi connectivity index (χ4n) is 1.14. The van der Waals surface area contributed by atoms with E-state index < -0.39 is 0 Å². The van der Waals surface area contributed by atoms with Crippen molar-refractivity contribution in [3.8, 4) is 0 Å². The predicted molar refractivity (Wildman–Crippen MR) is 53.2 cm³/mol. The van der Waals surface area contributed by atoms with Crippen LogP contribution in [0.1, 0.15) is 5.69 Å². The van der Waals surface area contributed by atoms with Gasteiger partial charge in [0.25, 0.3) is 0 Å². The number of aliphatic hydroxyl groups is 1. The zero-order chi connectivity index (χ0) is 9.26. The molecule has 0 atom stereocenters. The highest BCUT2D eigenvalue weighted by Gasteiger charge is 1.98. The molecule has 0 aliphatic heterocycles. The van der Waals surface area contributed by atoms with Crippen molar-refractivity contribution in [2.75, 3.05) is 0 Å². The molecule has 1 aromatic heterocycles. The van der Waals surface area contributed by atoms with E-state index in [0.29, 0.717) is 5.69 Å². The molecule has 2 rings (SSSR count). The highest BCUT2D eigenvalue weighted by Crippen LogP contribution is 2.17. The van der Waals surface area contributed by atoms with Crippen LogP contribution >= 0.6 is 15.9 Å². The molecule has 0 saturated heterocycles. The summed E-state index contributed by atoms with van der Waals surface area (Å²) in [5, 5.41) is 17.6. The van der Waals surface area contributed by atoms with Crippen LogP contribution in [-0.2, 0) is 6.61 Å². The smallest absolute Gasteiger partial charge is 0.0930 e. The number of rotatable bonds is 1. The first kappa shape index (κ1) is 8.59. The summed E-state index contributed by atoms with van der Waals surface area (Å²) in [5.74, 6) is 0. The molecule has 1 N–H and O–H groups in total. The molecule has 2 aromatic rings. The van der Waals surface area contributed by atoms with Crippen LogP contribution < -0.4 is 0 Å². The minimum atomic E-state index is -0.0740. The fraction of sp³-hybridized carbons (Fsp3) is 0.111. The normalized spacial score (nSPS) is 10.6. The first-order valence-electron chi connectivity index (χ1n) is 3.82. The van der Waals surface area contributed by atoms with Gasteiger partial charge >= 0.3 is 0 Å². The van der Waals surface area contributed by atoms with Gasteiger partial charge in [-0.2, -0.15) is 10.2 Å². The van der Waals surface area contributed by atoms with Gasteiger partial charge in [-0.15, -0.1) is 0 Å².